The highest BCUT2D eigenvalue weighted by Crippen LogP contribution is 2.37. The predicted molar refractivity (Wildman–Crippen MR) is 124 cm³/mol. The second kappa shape index (κ2) is 7.75. The molecule has 0 unspecified atom stereocenters. The Morgan fingerprint density at radius 2 is 1.85 bits per heavy atom. The summed E-state index contributed by atoms with van der Waals surface area (Å²) in [5.41, 5.74) is 4.03. The zero-order valence-electron chi connectivity index (χ0n) is 18.4. The monoisotopic (exact) mass is 465 g/mol. The van der Waals surface area contributed by atoms with E-state index in [1.807, 2.05) is 17.0 Å². The van der Waals surface area contributed by atoms with Crippen LogP contribution in [0.15, 0.2) is 47.6 Å². The van der Waals surface area contributed by atoms with Gasteiger partial charge in [0.15, 0.2) is 5.03 Å². The second-order valence-corrected chi connectivity index (χ2v) is 11.4. The number of hydrogen-bond acceptors (Lipinski definition) is 5. The van der Waals surface area contributed by atoms with Crippen LogP contribution >= 0.6 is 0 Å². The number of allylic oxidation sites excluding steroid dienone is 1. The first kappa shape index (κ1) is 21.0. The lowest BCUT2D eigenvalue weighted by Gasteiger charge is -2.46. The zero-order chi connectivity index (χ0) is 22.6. The van der Waals surface area contributed by atoms with E-state index in [0.29, 0.717) is 38.5 Å². The van der Waals surface area contributed by atoms with E-state index < -0.39 is 15.6 Å². The summed E-state index contributed by atoms with van der Waals surface area (Å²) in [6.45, 7) is 1.42. The average Bonchev–Trinajstić information content (AvgIpc) is 3.57. The van der Waals surface area contributed by atoms with Crippen LogP contribution in [0.1, 0.15) is 36.8 Å². The molecule has 2 aliphatic heterocycles. The van der Waals surface area contributed by atoms with Gasteiger partial charge in [0, 0.05) is 30.9 Å². The van der Waals surface area contributed by atoms with E-state index in [0.717, 1.165) is 30.4 Å². The highest BCUT2D eigenvalue weighted by atomic mass is 32.2. The maximum absolute atomic E-state index is 13.2. The largest absolute Gasteiger partial charge is 0.363 e. The van der Waals surface area contributed by atoms with Crippen LogP contribution in [0.3, 0.4) is 0 Å². The van der Waals surface area contributed by atoms with Crippen LogP contribution < -0.4 is 0 Å². The number of ether oxygens (including phenoxy) is 1. The molecule has 3 fully saturated rings. The van der Waals surface area contributed by atoms with Gasteiger partial charge < -0.3 is 9.64 Å². The van der Waals surface area contributed by atoms with E-state index in [9.17, 15) is 13.2 Å². The molecule has 1 aromatic heterocycles. The molecule has 0 atom stereocenters. The molecule has 0 N–H and O–H groups in total. The quantitative estimate of drug-likeness (QED) is 0.694. The number of carbonyl (C=O) groups is 1. The summed E-state index contributed by atoms with van der Waals surface area (Å²) in [5, 5.41) is 0.0735. The molecule has 1 amide bonds. The molecule has 1 aromatic carbocycles. The van der Waals surface area contributed by atoms with Gasteiger partial charge in [-0.1, -0.05) is 30.4 Å². The molecule has 2 aliphatic carbocycles. The van der Waals surface area contributed by atoms with Crippen molar-refractivity contribution >= 4 is 22.0 Å². The van der Waals surface area contributed by atoms with Crippen molar-refractivity contribution in [1.82, 2.24) is 14.2 Å². The van der Waals surface area contributed by atoms with Crippen LogP contribution in [0.25, 0.3) is 17.2 Å². The molecular formula is C25H27N3O4S. The SMILES string of the molecule is O=C1COC2(CCN(S(=O)(=O)c3ccc(-c4ccc5c(c4)CC=C5)cn3)CC2)CN1C1CC1. The van der Waals surface area contributed by atoms with Crippen molar-refractivity contribution < 1.29 is 17.9 Å². The third-order valence-corrected chi connectivity index (χ3v) is 9.17. The van der Waals surface area contributed by atoms with Crippen molar-refractivity contribution in [1.29, 1.82) is 0 Å². The lowest BCUT2D eigenvalue weighted by molar-refractivity contribution is -0.170. The van der Waals surface area contributed by atoms with Crippen molar-refractivity contribution in [3.05, 3.63) is 53.7 Å². The summed E-state index contributed by atoms with van der Waals surface area (Å²) in [6, 6.07) is 10.1. The van der Waals surface area contributed by atoms with E-state index in [2.05, 4.69) is 29.3 Å². The molecule has 2 aromatic rings. The molecule has 1 saturated carbocycles. The van der Waals surface area contributed by atoms with Gasteiger partial charge in [0.1, 0.15) is 6.61 Å². The Balaban J connectivity index is 1.15. The fourth-order valence-electron chi connectivity index (χ4n) is 5.17. The third kappa shape index (κ3) is 3.80. The standard InChI is InChI=1S/C25H27N3O4S/c29-24-16-32-25(17-28(24)22-7-8-22)10-12-27(13-11-25)33(30,31)23-9-6-21(15-26-23)20-5-4-18-2-1-3-19(18)14-20/h1-2,4-6,9,14-15,22H,3,7-8,10-13,16-17H2. The van der Waals surface area contributed by atoms with Gasteiger partial charge in [-0.05, 0) is 60.9 Å². The Morgan fingerprint density at radius 1 is 1.06 bits per heavy atom. The third-order valence-electron chi connectivity index (χ3n) is 7.35. The molecular weight excluding hydrogens is 438 g/mol. The summed E-state index contributed by atoms with van der Waals surface area (Å²) in [7, 11) is -3.68. The van der Waals surface area contributed by atoms with Crippen molar-refractivity contribution in [3.63, 3.8) is 0 Å². The molecule has 7 nitrogen and oxygen atoms in total. The molecule has 3 heterocycles. The Hall–Kier alpha value is -2.55. The highest BCUT2D eigenvalue weighted by molar-refractivity contribution is 7.89. The van der Waals surface area contributed by atoms with Crippen LogP contribution in [0, 0.1) is 0 Å². The van der Waals surface area contributed by atoms with Crippen molar-refractivity contribution in [2.24, 2.45) is 0 Å². The normalized spacial score (nSPS) is 22.7. The van der Waals surface area contributed by atoms with Gasteiger partial charge in [-0.3, -0.25) is 4.79 Å². The Labute approximate surface area is 194 Å². The number of fused-ring (bicyclic) bond motifs is 1. The van der Waals surface area contributed by atoms with Crippen LogP contribution in [-0.2, 0) is 26.0 Å². The number of nitrogens with zero attached hydrogens (tertiary/aromatic N) is 3. The molecule has 0 bridgehead atoms. The molecule has 8 heteroatoms. The van der Waals surface area contributed by atoms with Crippen molar-refractivity contribution in [2.45, 2.75) is 48.8 Å². The van der Waals surface area contributed by atoms with E-state index in [-0.39, 0.29) is 17.5 Å². The molecule has 6 rings (SSSR count). The van der Waals surface area contributed by atoms with Gasteiger partial charge in [0.05, 0.1) is 12.1 Å². The summed E-state index contributed by atoms with van der Waals surface area (Å²) in [6.07, 6.45) is 10.1. The van der Waals surface area contributed by atoms with E-state index in [1.54, 1.807) is 12.3 Å². The second-order valence-electron chi connectivity index (χ2n) is 9.53. The van der Waals surface area contributed by atoms with Crippen LogP contribution in [0.4, 0.5) is 0 Å². The van der Waals surface area contributed by atoms with Crippen LogP contribution in [-0.4, -0.2) is 66.4 Å². The lowest BCUT2D eigenvalue weighted by atomic mass is 9.90. The molecule has 4 aliphatic rings. The number of amides is 1. The number of piperidine rings is 1. The maximum atomic E-state index is 13.2. The number of pyridine rings is 1. The Kier molecular flexibility index (Phi) is 4.94. The first-order valence-electron chi connectivity index (χ1n) is 11.6. The van der Waals surface area contributed by atoms with Gasteiger partial charge in [0.25, 0.3) is 10.0 Å². The molecule has 33 heavy (non-hydrogen) atoms. The fraction of sp³-hybridized carbons (Fsp3) is 0.440. The van der Waals surface area contributed by atoms with Crippen molar-refractivity contribution in [3.8, 4) is 11.1 Å². The molecule has 0 radical (unpaired) electrons. The lowest BCUT2D eigenvalue weighted by Crippen LogP contribution is -2.59. The maximum Gasteiger partial charge on any atom is 0.260 e. The van der Waals surface area contributed by atoms with Gasteiger partial charge in [0.2, 0.25) is 5.91 Å². The first-order valence-corrected chi connectivity index (χ1v) is 13.1. The minimum atomic E-state index is -3.68. The smallest absolute Gasteiger partial charge is 0.260 e. The minimum Gasteiger partial charge on any atom is -0.363 e. The number of morpholine rings is 1. The van der Waals surface area contributed by atoms with E-state index in [1.165, 1.54) is 15.4 Å². The van der Waals surface area contributed by atoms with Crippen LogP contribution in [0.2, 0.25) is 0 Å². The average molecular weight is 466 g/mol. The Morgan fingerprint density at radius 3 is 2.58 bits per heavy atom. The van der Waals surface area contributed by atoms with Gasteiger partial charge in [-0.2, -0.15) is 4.31 Å². The number of hydrogen-bond donors (Lipinski definition) is 0. The van der Waals surface area contributed by atoms with Gasteiger partial charge in [-0.15, -0.1) is 0 Å². The van der Waals surface area contributed by atoms with E-state index >= 15 is 0 Å². The topological polar surface area (TPSA) is 79.8 Å². The number of rotatable bonds is 4. The number of benzene rings is 1. The summed E-state index contributed by atoms with van der Waals surface area (Å²) < 4.78 is 33.9. The predicted octanol–water partition coefficient (Wildman–Crippen LogP) is 2.86. The summed E-state index contributed by atoms with van der Waals surface area (Å²) in [4.78, 5) is 18.4. The van der Waals surface area contributed by atoms with Crippen molar-refractivity contribution in [2.75, 3.05) is 26.2 Å². The fourth-order valence-corrected chi connectivity index (χ4v) is 6.52. The number of aromatic nitrogens is 1. The number of sulfonamides is 1. The minimum absolute atomic E-state index is 0.0575. The summed E-state index contributed by atoms with van der Waals surface area (Å²) >= 11 is 0. The molecule has 172 valence electrons. The first-order chi connectivity index (χ1) is 15.9. The molecule has 1 spiro atoms. The highest BCUT2D eigenvalue weighted by Gasteiger charge is 2.47. The molecule has 2 saturated heterocycles. The summed E-state index contributed by atoms with van der Waals surface area (Å²) in [5.74, 6) is 0.0575. The van der Waals surface area contributed by atoms with Gasteiger partial charge >= 0.3 is 0 Å². The Bertz CT molecular complexity index is 1230. The van der Waals surface area contributed by atoms with E-state index in [4.69, 9.17) is 4.74 Å². The zero-order valence-corrected chi connectivity index (χ0v) is 19.3. The van der Waals surface area contributed by atoms with Crippen LogP contribution in [0.5, 0.6) is 0 Å². The van der Waals surface area contributed by atoms with Gasteiger partial charge in [-0.25, -0.2) is 13.4 Å². The number of carbonyl (C=O) groups excluding carboxylic acids is 1.